The highest BCUT2D eigenvalue weighted by Gasteiger charge is 2.26. The van der Waals surface area contributed by atoms with E-state index in [1.807, 2.05) is 24.8 Å². The van der Waals surface area contributed by atoms with Crippen LogP contribution in [0.2, 0.25) is 5.02 Å². The molecule has 2 atom stereocenters. The number of morpholine rings is 1. The summed E-state index contributed by atoms with van der Waals surface area (Å²) in [5, 5.41) is 0.577. The van der Waals surface area contributed by atoms with Gasteiger partial charge in [0.2, 0.25) is 5.91 Å². The van der Waals surface area contributed by atoms with Gasteiger partial charge in [0, 0.05) is 37.5 Å². The SMILES string of the molecule is CC(C)Cn1c(=O)c(CCC(=O)N2CC(C)OC(C)C2)nc2cc(Cl)ccc21. The Morgan fingerprint density at radius 2 is 1.96 bits per heavy atom. The molecule has 0 N–H and O–H groups in total. The summed E-state index contributed by atoms with van der Waals surface area (Å²) >= 11 is 6.13. The van der Waals surface area contributed by atoms with Crippen LogP contribution in [-0.2, 0) is 22.5 Å². The lowest BCUT2D eigenvalue weighted by Crippen LogP contribution is -2.48. The zero-order chi connectivity index (χ0) is 20.4. The predicted octanol–water partition coefficient (Wildman–Crippen LogP) is 3.27. The van der Waals surface area contributed by atoms with Gasteiger partial charge in [-0.25, -0.2) is 4.98 Å². The first-order valence-electron chi connectivity index (χ1n) is 9.86. The van der Waals surface area contributed by atoms with Crippen LogP contribution < -0.4 is 5.56 Å². The summed E-state index contributed by atoms with van der Waals surface area (Å²) in [5.41, 5.74) is 1.75. The first-order chi connectivity index (χ1) is 13.2. The maximum Gasteiger partial charge on any atom is 0.272 e. The van der Waals surface area contributed by atoms with Gasteiger partial charge < -0.3 is 14.2 Å². The smallest absolute Gasteiger partial charge is 0.272 e. The fraction of sp³-hybridized carbons (Fsp3) is 0.571. The number of carbonyl (C=O) groups excluding carboxylic acids is 1. The van der Waals surface area contributed by atoms with Crippen molar-refractivity contribution < 1.29 is 9.53 Å². The van der Waals surface area contributed by atoms with Gasteiger partial charge in [0.1, 0.15) is 5.69 Å². The molecule has 3 rings (SSSR count). The second-order valence-electron chi connectivity index (χ2n) is 8.06. The summed E-state index contributed by atoms with van der Waals surface area (Å²) in [6, 6.07) is 5.37. The van der Waals surface area contributed by atoms with Gasteiger partial charge in [-0.3, -0.25) is 9.59 Å². The van der Waals surface area contributed by atoms with Crippen molar-refractivity contribution in [1.82, 2.24) is 14.5 Å². The number of halogens is 1. The largest absolute Gasteiger partial charge is 0.372 e. The minimum atomic E-state index is -0.125. The number of hydrogen-bond donors (Lipinski definition) is 0. The van der Waals surface area contributed by atoms with Crippen LogP contribution in [0, 0.1) is 5.92 Å². The van der Waals surface area contributed by atoms with E-state index < -0.39 is 0 Å². The topological polar surface area (TPSA) is 64.4 Å². The van der Waals surface area contributed by atoms with Gasteiger partial charge in [0.15, 0.2) is 0 Å². The highest BCUT2D eigenvalue weighted by atomic mass is 35.5. The van der Waals surface area contributed by atoms with Crippen molar-refractivity contribution in [3.63, 3.8) is 0 Å². The van der Waals surface area contributed by atoms with Crippen molar-refractivity contribution >= 4 is 28.5 Å². The van der Waals surface area contributed by atoms with Crippen LogP contribution in [0.25, 0.3) is 11.0 Å². The van der Waals surface area contributed by atoms with E-state index in [2.05, 4.69) is 18.8 Å². The average molecular weight is 406 g/mol. The number of amides is 1. The molecule has 2 heterocycles. The quantitative estimate of drug-likeness (QED) is 0.765. The number of nitrogens with zero attached hydrogens (tertiary/aromatic N) is 3. The molecule has 1 aromatic carbocycles. The van der Waals surface area contributed by atoms with Gasteiger partial charge in [-0.05, 0) is 38.0 Å². The fourth-order valence-electron chi connectivity index (χ4n) is 3.75. The van der Waals surface area contributed by atoms with Crippen LogP contribution in [-0.4, -0.2) is 45.7 Å². The molecule has 1 saturated heterocycles. The third-order valence-corrected chi connectivity index (χ3v) is 5.11. The molecule has 1 amide bonds. The van der Waals surface area contributed by atoms with Crippen LogP contribution in [0.4, 0.5) is 0 Å². The molecular weight excluding hydrogens is 378 g/mol. The summed E-state index contributed by atoms with van der Waals surface area (Å²) in [4.78, 5) is 32.0. The van der Waals surface area contributed by atoms with Crippen LogP contribution in [0.3, 0.4) is 0 Å². The molecule has 0 saturated carbocycles. The fourth-order valence-corrected chi connectivity index (χ4v) is 3.91. The number of carbonyl (C=O) groups is 1. The van der Waals surface area contributed by atoms with E-state index in [0.29, 0.717) is 48.2 Å². The molecule has 1 aliphatic heterocycles. The first kappa shape index (κ1) is 20.8. The number of aryl methyl sites for hydroxylation is 1. The molecule has 1 fully saturated rings. The van der Waals surface area contributed by atoms with Crippen molar-refractivity contribution in [3.8, 4) is 0 Å². The third kappa shape index (κ3) is 4.73. The Balaban J connectivity index is 1.85. The molecule has 152 valence electrons. The highest BCUT2D eigenvalue weighted by Crippen LogP contribution is 2.18. The Bertz CT molecular complexity index is 915. The summed E-state index contributed by atoms with van der Waals surface area (Å²) in [7, 11) is 0. The van der Waals surface area contributed by atoms with Gasteiger partial charge in [0.25, 0.3) is 5.56 Å². The molecule has 1 aromatic heterocycles. The Morgan fingerprint density at radius 1 is 1.29 bits per heavy atom. The zero-order valence-electron chi connectivity index (χ0n) is 16.9. The minimum Gasteiger partial charge on any atom is -0.372 e. The highest BCUT2D eigenvalue weighted by molar-refractivity contribution is 6.31. The maximum absolute atomic E-state index is 13.0. The van der Waals surface area contributed by atoms with Gasteiger partial charge in [-0.2, -0.15) is 0 Å². The Morgan fingerprint density at radius 3 is 2.61 bits per heavy atom. The normalized spacial score (nSPS) is 20.1. The molecule has 28 heavy (non-hydrogen) atoms. The molecule has 0 spiro atoms. The Hall–Kier alpha value is -1.92. The molecule has 1 aliphatic rings. The number of fused-ring (bicyclic) bond motifs is 1. The lowest BCUT2D eigenvalue weighted by Gasteiger charge is -2.35. The lowest BCUT2D eigenvalue weighted by molar-refractivity contribution is -0.143. The van der Waals surface area contributed by atoms with Crippen molar-refractivity contribution in [2.75, 3.05) is 13.1 Å². The second-order valence-corrected chi connectivity index (χ2v) is 8.49. The second kappa shape index (κ2) is 8.62. The van der Waals surface area contributed by atoms with Crippen LogP contribution in [0.1, 0.15) is 39.8 Å². The van der Waals surface area contributed by atoms with Gasteiger partial charge in [-0.15, -0.1) is 0 Å². The number of aromatic nitrogens is 2. The summed E-state index contributed by atoms with van der Waals surface area (Å²) in [5.74, 6) is 0.342. The van der Waals surface area contributed by atoms with Crippen molar-refractivity contribution in [2.45, 2.75) is 59.3 Å². The van der Waals surface area contributed by atoms with E-state index in [-0.39, 0.29) is 30.1 Å². The van der Waals surface area contributed by atoms with E-state index in [0.717, 1.165) is 5.52 Å². The Kier molecular flexibility index (Phi) is 6.40. The summed E-state index contributed by atoms with van der Waals surface area (Å²) < 4.78 is 7.44. The minimum absolute atomic E-state index is 0.0249. The predicted molar refractivity (Wildman–Crippen MR) is 111 cm³/mol. The van der Waals surface area contributed by atoms with E-state index in [4.69, 9.17) is 16.3 Å². The van der Waals surface area contributed by atoms with Gasteiger partial charge in [-0.1, -0.05) is 25.4 Å². The number of benzene rings is 1. The van der Waals surface area contributed by atoms with Gasteiger partial charge in [0.05, 0.1) is 23.2 Å². The summed E-state index contributed by atoms with van der Waals surface area (Å²) in [6.07, 6.45) is 0.627. The van der Waals surface area contributed by atoms with Crippen molar-refractivity contribution in [2.24, 2.45) is 5.92 Å². The Labute approximate surface area is 170 Å². The molecule has 2 unspecified atom stereocenters. The average Bonchev–Trinajstić information content (AvgIpc) is 2.61. The van der Waals surface area contributed by atoms with E-state index in [1.54, 1.807) is 16.7 Å². The maximum atomic E-state index is 13.0. The van der Waals surface area contributed by atoms with E-state index >= 15 is 0 Å². The van der Waals surface area contributed by atoms with E-state index in [1.165, 1.54) is 0 Å². The van der Waals surface area contributed by atoms with Crippen LogP contribution >= 0.6 is 11.6 Å². The lowest BCUT2D eigenvalue weighted by atomic mass is 10.1. The number of rotatable bonds is 5. The van der Waals surface area contributed by atoms with Crippen LogP contribution in [0.15, 0.2) is 23.0 Å². The first-order valence-corrected chi connectivity index (χ1v) is 10.2. The van der Waals surface area contributed by atoms with Crippen molar-refractivity contribution in [3.05, 3.63) is 39.3 Å². The molecule has 6 nitrogen and oxygen atoms in total. The molecule has 0 aliphatic carbocycles. The molecule has 0 bridgehead atoms. The number of hydrogen-bond acceptors (Lipinski definition) is 4. The molecule has 0 radical (unpaired) electrons. The standard InChI is InChI=1S/C21H28ClN3O3/c1-13(2)10-25-19-7-5-16(22)9-18(19)23-17(21(25)27)6-8-20(26)24-11-14(3)28-15(4)12-24/h5,7,9,13-15H,6,8,10-12H2,1-4H3. The number of ether oxygens (including phenoxy) is 1. The third-order valence-electron chi connectivity index (χ3n) is 4.87. The molecule has 7 heteroatoms. The van der Waals surface area contributed by atoms with Crippen LogP contribution in [0.5, 0.6) is 0 Å². The zero-order valence-corrected chi connectivity index (χ0v) is 17.7. The summed E-state index contributed by atoms with van der Waals surface area (Å²) in [6.45, 7) is 9.84. The molecule has 2 aromatic rings. The van der Waals surface area contributed by atoms with E-state index in [9.17, 15) is 9.59 Å². The van der Waals surface area contributed by atoms with Crippen molar-refractivity contribution in [1.29, 1.82) is 0 Å². The molecular formula is C21H28ClN3O3. The van der Waals surface area contributed by atoms with Gasteiger partial charge >= 0.3 is 0 Å². The monoisotopic (exact) mass is 405 g/mol.